The number of anilines is 1. The van der Waals surface area contributed by atoms with Gasteiger partial charge in [-0.3, -0.25) is 0 Å². The van der Waals surface area contributed by atoms with Crippen LogP contribution in [0.15, 0.2) is 30.6 Å². The Balaban J connectivity index is 0.00000128. The van der Waals surface area contributed by atoms with E-state index in [1.807, 2.05) is 24.3 Å². The van der Waals surface area contributed by atoms with E-state index in [2.05, 4.69) is 15.0 Å². The standard InChI is InChI=1S/C10H10N4O.BrH/c1-15-8-4-2-7(3-5-8)9-12-6-13-10(11)14-9;/h2-6H,1H3,(H2,11,12,13,14);1H. The number of benzene rings is 1. The zero-order valence-electron chi connectivity index (χ0n) is 8.62. The Kier molecular flexibility index (Phi) is 4.19. The third kappa shape index (κ3) is 2.66. The lowest BCUT2D eigenvalue weighted by molar-refractivity contribution is 0.415. The molecule has 0 amide bonds. The van der Waals surface area contributed by atoms with Gasteiger partial charge >= 0.3 is 0 Å². The van der Waals surface area contributed by atoms with E-state index in [0.717, 1.165) is 11.3 Å². The molecule has 2 N–H and O–H groups in total. The molecule has 0 spiro atoms. The average Bonchev–Trinajstić information content (AvgIpc) is 2.29. The zero-order valence-corrected chi connectivity index (χ0v) is 10.3. The number of hydrogen-bond donors (Lipinski definition) is 1. The first-order valence-corrected chi connectivity index (χ1v) is 4.38. The van der Waals surface area contributed by atoms with Crippen molar-refractivity contribution in [3.05, 3.63) is 30.6 Å². The number of rotatable bonds is 2. The third-order valence-electron chi connectivity index (χ3n) is 1.94. The predicted octanol–water partition coefficient (Wildman–Crippen LogP) is 1.71. The van der Waals surface area contributed by atoms with Crippen LogP contribution in [0.1, 0.15) is 0 Å². The fourth-order valence-corrected chi connectivity index (χ4v) is 1.19. The maximum Gasteiger partial charge on any atom is 0.223 e. The molecule has 0 saturated heterocycles. The summed E-state index contributed by atoms with van der Waals surface area (Å²) in [6, 6.07) is 7.42. The van der Waals surface area contributed by atoms with Gasteiger partial charge in [0, 0.05) is 5.56 Å². The van der Waals surface area contributed by atoms with Crippen LogP contribution < -0.4 is 10.5 Å². The van der Waals surface area contributed by atoms with Gasteiger partial charge in [-0.25, -0.2) is 9.97 Å². The van der Waals surface area contributed by atoms with Crippen LogP contribution in [0.25, 0.3) is 11.4 Å². The van der Waals surface area contributed by atoms with Crippen LogP contribution in [-0.2, 0) is 0 Å². The SMILES string of the molecule is Br.COc1ccc(-c2ncnc(N)n2)cc1. The molecule has 1 aromatic heterocycles. The first kappa shape index (κ1) is 12.4. The summed E-state index contributed by atoms with van der Waals surface area (Å²) in [5.74, 6) is 1.57. The van der Waals surface area contributed by atoms with Gasteiger partial charge in [0.05, 0.1) is 7.11 Å². The summed E-state index contributed by atoms with van der Waals surface area (Å²) in [4.78, 5) is 11.8. The van der Waals surface area contributed by atoms with Crippen molar-refractivity contribution in [2.24, 2.45) is 0 Å². The molecule has 2 aromatic rings. The van der Waals surface area contributed by atoms with Gasteiger partial charge in [-0.2, -0.15) is 4.98 Å². The summed E-state index contributed by atoms with van der Waals surface area (Å²) >= 11 is 0. The fourth-order valence-electron chi connectivity index (χ4n) is 1.19. The van der Waals surface area contributed by atoms with E-state index in [9.17, 15) is 0 Å². The van der Waals surface area contributed by atoms with E-state index >= 15 is 0 Å². The molecule has 1 aromatic carbocycles. The van der Waals surface area contributed by atoms with Crippen LogP contribution in [0, 0.1) is 0 Å². The molecule has 84 valence electrons. The van der Waals surface area contributed by atoms with Gasteiger partial charge in [0.25, 0.3) is 0 Å². The van der Waals surface area contributed by atoms with E-state index in [1.165, 1.54) is 6.33 Å². The number of aromatic nitrogens is 3. The first-order chi connectivity index (χ1) is 7.29. The van der Waals surface area contributed by atoms with E-state index in [-0.39, 0.29) is 22.9 Å². The van der Waals surface area contributed by atoms with Crippen LogP contribution in [0.3, 0.4) is 0 Å². The third-order valence-corrected chi connectivity index (χ3v) is 1.94. The van der Waals surface area contributed by atoms with Crippen molar-refractivity contribution in [2.45, 2.75) is 0 Å². The minimum Gasteiger partial charge on any atom is -0.497 e. The molecule has 0 unspecified atom stereocenters. The van der Waals surface area contributed by atoms with Crippen molar-refractivity contribution in [1.29, 1.82) is 0 Å². The molecule has 2 rings (SSSR count). The maximum absolute atomic E-state index is 5.47. The van der Waals surface area contributed by atoms with Gasteiger partial charge in [-0.1, -0.05) is 0 Å². The molecule has 1 heterocycles. The van der Waals surface area contributed by atoms with E-state index in [4.69, 9.17) is 10.5 Å². The molecule has 0 aliphatic rings. The number of ether oxygens (including phenoxy) is 1. The highest BCUT2D eigenvalue weighted by Gasteiger charge is 2.01. The summed E-state index contributed by atoms with van der Waals surface area (Å²) in [5.41, 5.74) is 6.34. The Bertz CT molecular complexity index is 461. The molecule has 0 bridgehead atoms. The second-order valence-corrected chi connectivity index (χ2v) is 2.90. The van der Waals surface area contributed by atoms with Crippen LogP contribution >= 0.6 is 17.0 Å². The molecule has 0 radical (unpaired) electrons. The van der Waals surface area contributed by atoms with Crippen molar-refractivity contribution < 1.29 is 4.74 Å². The van der Waals surface area contributed by atoms with Gasteiger partial charge in [-0.15, -0.1) is 17.0 Å². The van der Waals surface area contributed by atoms with Gasteiger partial charge in [0.15, 0.2) is 5.82 Å². The average molecular weight is 283 g/mol. The van der Waals surface area contributed by atoms with Crippen molar-refractivity contribution in [1.82, 2.24) is 15.0 Å². The van der Waals surface area contributed by atoms with E-state index in [1.54, 1.807) is 7.11 Å². The number of nitrogens with two attached hydrogens (primary N) is 1. The Hall–Kier alpha value is -1.69. The van der Waals surface area contributed by atoms with Crippen molar-refractivity contribution in [3.63, 3.8) is 0 Å². The molecule has 16 heavy (non-hydrogen) atoms. The van der Waals surface area contributed by atoms with Gasteiger partial charge < -0.3 is 10.5 Å². The van der Waals surface area contributed by atoms with Gasteiger partial charge in [-0.05, 0) is 24.3 Å². The fraction of sp³-hybridized carbons (Fsp3) is 0.100. The molecule has 0 fully saturated rings. The van der Waals surface area contributed by atoms with Crippen LogP contribution in [-0.4, -0.2) is 22.1 Å². The Morgan fingerprint density at radius 2 is 1.81 bits per heavy atom. The lowest BCUT2D eigenvalue weighted by Gasteiger charge is -2.02. The molecule has 0 aliphatic carbocycles. The summed E-state index contributed by atoms with van der Waals surface area (Å²) < 4.78 is 5.05. The molecular formula is C10H11BrN4O. The van der Waals surface area contributed by atoms with Crippen molar-refractivity contribution >= 4 is 22.9 Å². The summed E-state index contributed by atoms with van der Waals surface area (Å²) in [6.07, 6.45) is 1.39. The summed E-state index contributed by atoms with van der Waals surface area (Å²) in [6.45, 7) is 0. The quantitative estimate of drug-likeness (QED) is 0.908. The van der Waals surface area contributed by atoms with E-state index < -0.39 is 0 Å². The Morgan fingerprint density at radius 3 is 2.38 bits per heavy atom. The highest BCUT2D eigenvalue weighted by atomic mass is 79.9. The molecule has 6 heteroatoms. The highest BCUT2D eigenvalue weighted by Crippen LogP contribution is 2.18. The number of nitrogen functional groups attached to an aromatic ring is 1. The van der Waals surface area contributed by atoms with Crippen molar-refractivity contribution in [2.75, 3.05) is 12.8 Å². The maximum atomic E-state index is 5.47. The largest absolute Gasteiger partial charge is 0.497 e. The summed E-state index contributed by atoms with van der Waals surface area (Å²) in [5, 5.41) is 0. The second kappa shape index (κ2) is 5.41. The minimum absolute atomic E-state index is 0. The Labute approximate surface area is 103 Å². The summed E-state index contributed by atoms with van der Waals surface area (Å²) in [7, 11) is 1.62. The van der Waals surface area contributed by atoms with Crippen LogP contribution in [0.5, 0.6) is 5.75 Å². The molecule has 0 aliphatic heterocycles. The second-order valence-electron chi connectivity index (χ2n) is 2.90. The van der Waals surface area contributed by atoms with Crippen molar-refractivity contribution in [3.8, 4) is 17.1 Å². The number of methoxy groups -OCH3 is 1. The predicted molar refractivity (Wildman–Crippen MR) is 66.5 cm³/mol. The molecular weight excluding hydrogens is 272 g/mol. The van der Waals surface area contributed by atoms with E-state index in [0.29, 0.717) is 5.82 Å². The molecule has 5 nitrogen and oxygen atoms in total. The topological polar surface area (TPSA) is 73.9 Å². The number of hydrogen-bond acceptors (Lipinski definition) is 5. The molecule has 0 atom stereocenters. The van der Waals surface area contributed by atoms with Gasteiger partial charge in [0.2, 0.25) is 5.95 Å². The lowest BCUT2D eigenvalue weighted by atomic mass is 10.2. The highest BCUT2D eigenvalue weighted by molar-refractivity contribution is 8.93. The lowest BCUT2D eigenvalue weighted by Crippen LogP contribution is -1.97. The van der Waals surface area contributed by atoms with Crippen LogP contribution in [0.2, 0.25) is 0 Å². The monoisotopic (exact) mass is 282 g/mol. The normalized spacial score (nSPS) is 9.31. The molecule has 0 saturated carbocycles. The number of halogens is 1. The zero-order chi connectivity index (χ0) is 10.7. The minimum atomic E-state index is 0. The number of nitrogens with zero attached hydrogens (tertiary/aromatic N) is 3. The van der Waals surface area contributed by atoms with Crippen LogP contribution in [0.4, 0.5) is 5.95 Å². The first-order valence-electron chi connectivity index (χ1n) is 4.38. The van der Waals surface area contributed by atoms with Gasteiger partial charge in [0.1, 0.15) is 12.1 Å². The smallest absolute Gasteiger partial charge is 0.223 e. The Morgan fingerprint density at radius 1 is 1.12 bits per heavy atom.